The van der Waals surface area contributed by atoms with Crippen molar-refractivity contribution in [2.24, 2.45) is 0 Å². The third-order valence-corrected chi connectivity index (χ3v) is 7.47. The van der Waals surface area contributed by atoms with Gasteiger partial charge in [-0.15, -0.1) is 0 Å². The molecule has 1 aromatic carbocycles. The number of halogens is 1. The Bertz CT molecular complexity index is 824. The molecule has 1 fully saturated rings. The Balaban J connectivity index is 2.13. The van der Waals surface area contributed by atoms with Crippen molar-refractivity contribution in [2.45, 2.75) is 51.0 Å². The van der Waals surface area contributed by atoms with Crippen molar-refractivity contribution in [3.63, 3.8) is 0 Å². The molecule has 0 aliphatic carbocycles. The first-order chi connectivity index (χ1) is 13.2. The molecule has 0 saturated carbocycles. The van der Waals surface area contributed by atoms with E-state index in [0.29, 0.717) is 6.54 Å². The SMILES string of the molecule is CCN(CC)S(=O)(=O)c1cc(C(=O)OCC(=O)N2CCCC[C@@H]2C)ccc1Cl. The molecule has 156 valence electrons. The number of hydrogen-bond donors (Lipinski definition) is 0. The summed E-state index contributed by atoms with van der Waals surface area (Å²) in [7, 11) is -3.83. The minimum Gasteiger partial charge on any atom is -0.452 e. The van der Waals surface area contributed by atoms with E-state index in [1.165, 1.54) is 22.5 Å². The van der Waals surface area contributed by atoms with E-state index in [2.05, 4.69) is 0 Å². The fraction of sp³-hybridized carbons (Fsp3) is 0.579. The molecule has 1 amide bonds. The standard InChI is InChI=1S/C19H27ClN2O5S/c1-4-21(5-2)28(25,26)17-12-15(9-10-16(17)20)19(24)27-13-18(23)22-11-7-6-8-14(22)3/h9-10,12,14H,4-8,11,13H2,1-3H3/t14-/m0/s1. The van der Waals surface area contributed by atoms with Crippen LogP contribution in [-0.4, -0.2) is 61.8 Å². The molecule has 7 nitrogen and oxygen atoms in total. The highest BCUT2D eigenvalue weighted by atomic mass is 35.5. The fourth-order valence-electron chi connectivity index (χ4n) is 3.29. The third-order valence-electron chi connectivity index (χ3n) is 4.94. The quantitative estimate of drug-likeness (QED) is 0.621. The number of likely N-dealkylation sites (tertiary alicyclic amines) is 1. The van der Waals surface area contributed by atoms with Crippen molar-refractivity contribution in [2.75, 3.05) is 26.2 Å². The van der Waals surface area contributed by atoms with Crippen molar-refractivity contribution >= 4 is 33.5 Å². The van der Waals surface area contributed by atoms with Gasteiger partial charge in [0.25, 0.3) is 5.91 Å². The van der Waals surface area contributed by atoms with Gasteiger partial charge in [-0.05, 0) is 44.4 Å². The van der Waals surface area contributed by atoms with Crippen molar-refractivity contribution < 1.29 is 22.7 Å². The fourth-order valence-corrected chi connectivity index (χ4v) is 5.25. The summed E-state index contributed by atoms with van der Waals surface area (Å²) in [5.41, 5.74) is 0.0367. The second kappa shape index (κ2) is 9.71. The second-order valence-corrected chi connectivity index (χ2v) is 9.06. The van der Waals surface area contributed by atoms with E-state index < -0.39 is 16.0 Å². The van der Waals surface area contributed by atoms with E-state index in [1.807, 2.05) is 6.92 Å². The van der Waals surface area contributed by atoms with Gasteiger partial charge in [0, 0.05) is 25.7 Å². The van der Waals surface area contributed by atoms with Crippen LogP contribution in [0, 0.1) is 0 Å². The maximum absolute atomic E-state index is 12.7. The highest BCUT2D eigenvalue weighted by Crippen LogP contribution is 2.26. The van der Waals surface area contributed by atoms with Crippen LogP contribution in [0.25, 0.3) is 0 Å². The minimum atomic E-state index is -3.83. The van der Waals surface area contributed by atoms with Crippen LogP contribution in [0.3, 0.4) is 0 Å². The maximum Gasteiger partial charge on any atom is 0.338 e. The lowest BCUT2D eigenvalue weighted by molar-refractivity contribution is -0.137. The highest BCUT2D eigenvalue weighted by molar-refractivity contribution is 7.89. The molecule has 0 unspecified atom stereocenters. The Kier molecular flexibility index (Phi) is 7.86. The van der Waals surface area contributed by atoms with Gasteiger partial charge in [0.05, 0.1) is 10.6 Å². The Morgan fingerprint density at radius 2 is 1.93 bits per heavy atom. The van der Waals surface area contributed by atoms with Gasteiger partial charge < -0.3 is 9.64 Å². The zero-order valence-corrected chi connectivity index (χ0v) is 18.1. The van der Waals surface area contributed by atoms with Crippen LogP contribution in [0.4, 0.5) is 0 Å². The molecule has 0 N–H and O–H groups in total. The highest BCUT2D eigenvalue weighted by Gasteiger charge is 2.27. The summed E-state index contributed by atoms with van der Waals surface area (Å²) in [6.45, 7) is 6.27. The van der Waals surface area contributed by atoms with Crippen molar-refractivity contribution in [1.29, 1.82) is 0 Å². The normalized spacial score (nSPS) is 17.6. The van der Waals surface area contributed by atoms with E-state index in [-0.39, 0.29) is 47.1 Å². The zero-order chi connectivity index (χ0) is 20.9. The maximum atomic E-state index is 12.7. The summed E-state index contributed by atoms with van der Waals surface area (Å²) in [5.74, 6) is -1.00. The number of rotatable bonds is 7. The number of sulfonamides is 1. The molecule has 0 radical (unpaired) electrons. The average molecular weight is 431 g/mol. The smallest absolute Gasteiger partial charge is 0.338 e. The molecule has 1 aromatic rings. The number of amides is 1. The minimum absolute atomic E-state index is 0.0293. The van der Waals surface area contributed by atoms with E-state index in [0.717, 1.165) is 19.3 Å². The van der Waals surface area contributed by atoms with Crippen LogP contribution >= 0.6 is 11.6 Å². The summed E-state index contributed by atoms with van der Waals surface area (Å²) in [4.78, 5) is 26.3. The topological polar surface area (TPSA) is 84.0 Å². The second-order valence-electron chi connectivity index (χ2n) is 6.74. The number of hydrogen-bond acceptors (Lipinski definition) is 5. The molecule has 1 heterocycles. The Morgan fingerprint density at radius 3 is 2.54 bits per heavy atom. The predicted molar refractivity (Wildman–Crippen MR) is 107 cm³/mol. The molecule has 1 saturated heterocycles. The largest absolute Gasteiger partial charge is 0.452 e. The molecule has 0 spiro atoms. The molecule has 1 aliphatic heterocycles. The molecule has 9 heteroatoms. The van der Waals surface area contributed by atoms with Gasteiger partial charge >= 0.3 is 5.97 Å². The van der Waals surface area contributed by atoms with E-state index in [9.17, 15) is 18.0 Å². The predicted octanol–water partition coefficient (Wildman–Crippen LogP) is 2.93. The number of benzene rings is 1. The van der Waals surface area contributed by atoms with Crippen LogP contribution in [0.2, 0.25) is 5.02 Å². The third kappa shape index (κ3) is 5.04. The number of ether oxygens (including phenoxy) is 1. The summed E-state index contributed by atoms with van der Waals surface area (Å²) < 4.78 is 31.8. The van der Waals surface area contributed by atoms with Crippen LogP contribution in [0.15, 0.2) is 23.1 Å². The van der Waals surface area contributed by atoms with Gasteiger partial charge in [0.15, 0.2) is 6.61 Å². The molecule has 0 aromatic heterocycles. The van der Waals surface area contributed by atoms with E-state index in [1.54, 1.807) is 18.7 Å². The van der Waals surface area contributed by atoms with Gasteiger partial charge in [-0.2, -0.15) is 4.31 Å². The van der Waals surface area contributed by atoms with Crippen molar-refractivity contribution in [1.82, 2.24) is 9.21 Å². The number of carbonyl (C=O) groups excluding carboxylic acids is 2. The lowest BCUT2D eigenvalue weighted by Crippen LogP contribution is -2.44. The van der Waals surface area contributed by atoms with Gasteiger partial charge in [-0.25, -0.2) is 13.2 Å². The van der Waals surface area contributed by atoms with Gasteiger partial charge in [0.2, 0.25) is 10.0 Å². The summed E-state index contributed by atoms with van der Waals surface area (Å²) in [6, 6.07) is 4.07. The van der Waals surface area contributed by atoms with Crippen LogP contribution < -0.4 is 0 Å². The molecule has 2 rings (SSSR count). The first kappa shape index (κ1) is 22.6. The molecular weight excluding hydrogens is 404 g/mol. The zero-order valence-electron chi connectivity index (χ0n) is 16.5. The van der Waals surface area contributed by atoms with Gasteiger partial charge in [-0.1, -0.05) is 25.4 Å². The number of carbonyl (C=O) groups is 2. The molecule has 28 heavy (non-hydrogen) atoms. The van der Waals surface area contributed by atoms with Crippen molar-refractivity contribution in [3.8, 4) is 0 Å². The lowest BCUT2D eigenvalue weighted by Gasteiger charge is -2.33. The summed E-state index contributed by atoms with van der Waals surface area (Å²) in [6.07, 6.45) is 2.95. The molecule has 1 atom stereocenters. The lowest BCUT2D eigenvalue weighted by atomic mass is 10.0. The monoisotopic (exact) mass is 430 g/mol. The first-order valence-corrected chi connectivity index (χ1v) is 11.3. The molecule has 1 aliphatic rings. The molecule has 0 bridgehead atoms. The summed E-state index contributed by atoms with van der Waals surface area (Å²) >= 11 is 6.07. The Hall–Kier alpha value is -1.64. The number of piperidine rings is 1. The van der Waals surface area contributed by atoms with Crippen LogP contribution in [0.5, 0.6) is 0 Å². The van der Waals surface area contributed by atoms with Crippen LogP contribution in [-0.2, 0) is 19.6 Å². The Morgan fingerprint density at radius 1 is 1.25 bits per heavy atom. The van der Waals surface area contributed by atoms with Crippen molar-refractivity contribution in [3.05, 3.63) is 28.8 Å². The van der Waals surface area contributed by atoms with Gasteiger partial charge in [-0.3, -0.25) is 4.79 Å². The van der Waals surface area contributed by atoms with Gasteiger partial charge in [0.1, 0.15) is 4.90 Å². The van der Waals surface area contributed by atoms with E-state index >= 15 is 0 Å². The number of nitrogens with zero attached hydrogens (tertiary/aromatic N) is 2. The first-order valence-electron chi connectivity index (χ1n) is 9.48. The Labute approximate surface area is 171 Å². The molecular formula is C19H27ClN2O5S. The summed E-state index contributed by atoms with van der Waals surface area (Å²) in [5, 5.41) is 0.0293. The van der Waals surface area contributed by atoms with Crippen LogP contribution in [0.1, 0.15) is 50.4 Å². The average Bonchev–Trinajstić information content (AvgIpc) is 2.67. The number of esters is 1. The van der Waals surface area contributed by atoms with E-state index in [4.69, 9.17) is 16.3 Å².